The minimum absolute atomic E-state index is 0.223. The number of rotatable bonds is 6. The molecular formula is C18H22FNO3. The monoisotopic (exact) mass is 319 g/mol. The largest absolute Gasteiger partial charge is 0.494 e. The van der Waals surface area contributed by atoms with E-state index in [2.05, 4.69) is 4.90 Å². The van der Waals surface area contributed by atoms with Gasteiger partial charge in [-0.2, -0.15) is 0 Å². The molecule has 0 amide bonds. The molecule has 3 rings (SSSR count). The van der Waals surface area contributed by atoms with Gasteiger partial charge in [0.15, 0.2) is 11.6 Å². The molecule has 0 unspecified atom stereocenters. The molecule has 0 aliphatic carbocycles. The van der Waals surface area contributed by atoms with E-state index in [0.29, 0.717) is 24.3 Å². The van der Waals surface area contributed by atoms with Crippen LogP contribution >= 0.6 is 0 Å². The average molecular weight is 319 g/mol. The van der Waals surface area contributed by atoms with Gasteiger partial charge >= 0.3 is 0 Å². The number of aliphatic hydroxyl groups excluding tert-OH is 1. The number of halogens is 1. The first-order chi connectivity index (χ1) is 11.2. The number of hydrogen-bond acceptors (Lipinski definition) is 4. The van der Waals surface area contributed by atoms with Gasteiger partial charge < -0.3 is 14.3 Å². The normalized spacial score (nSPS) is 19.9. The Morgan fingerprint density at radius 3 is 3.00 bits per heavy atom. The first-order valence-electron chi connectivity index (χ1n) is 7.96. The van der Waals surface area contributed by atoms with Crippen molar-refractivity contribution in [3.63, 3.8) is 0 Å². The van der Waals surface area contributed by atoms with Gasteiger partial charge in [0.25, 0.3) is 0 Å². The van der Waals surface area contributed by atoms with Crippen LogP contribution in [0.15, 0.2) is 41.0 Å². The Labute approximate surface area is 135 Å². The average Bonchev–Trinajstić information content (AvgIpc) is 3.22. The van der Waals surface area contributed by atoms with Crippen LogP contribution in [0.4, 0.5) is 4.39 Å². The minimum atomic E-state index is -0.620. The van der Waals surface area contributed by atoms with Crippen LogP contribution in [-0.4, -0.2) is 29.7 Å². The molecule has 1 N–H and O–H groups in total. The van der Waals surface area contributed by atoms with Crippen LogP contribution < -0.4 is 4.74 Å². The standard InChI is InChI=1S/C18H22FNO3/c1-22-17-7-2-5-13(18(17)19)12-20-9-3-6-14(20)11-15(21)16-8-4-10-23-16/h2,4-5,7-8,10,14-15,21H,3,6,9,11-12H2,1H3/t14-,15-/m1/s1. The number of hydrogen-bond donors (Lipinski definition) is 1. The zero-order chi connectivity index (χ0) is 16.2. The highest BCUT2D eigenvalue weighted by Gasteiger charge is 2.28. The Morgan fingerprint density at radius 1 is 1.39 bits per heavy atom. The fourth-order valence-corrected chi connectivity index (χ4v) is 3.28. The van der Waals surface area contributed by atoms with Gasteiger partial charge in [0.05, 0.1) is 13.4 Å². The molecule has 1 aromatic carbocycles. The van der Waals surface area contributed by atoms with Crippen molar-refractivity contribution >= 4 is 0 Å². The molecule has 1 saturated heterocycles. The van der Waals surface area contributed by atoms with Gasteiger partial charge in [0.1, 0.15) is 11.9 Å². The van der Waals surface area contributed by atoms with Crippen molar-refractivity contribution in [2.75, 3.05) is 13.7 Å². The van der Waals surface area contributed by atoms with Gasteiger partial charge in [-0.05, 0) is 44.0 Å². The number of benzene rings is 1. The molecule has 2 heterocycles. The van der Waals surface area contributed by atoms with E-state index in [9.17, 15) is 9.50 Å². The Hall–Kier alpha value is -1.85. The topological polar surface area (TPSA) is 45.8 Å². The number of furan rings is 1. The molecule has 2 atom stereocenters. The molecule has 5 heteroatoms. The summed E-state index contributed by atoms with van der Waals surface area (Å²) in [7, 11) is 1.47. The maximum atomic E-state index is 14.3. The second-order valence-electron chi connectivity index (χ2n) is 5.97. The van der Waals surface area contributed by atoms with Gasteiger partial charge in [0, 0.05) is 18.2 Å². The summed E-state index contributed by atoms with van der Waals surface area (Å²) in [6, 6.07) is 9.00. The summed E-state index contributed by atoms with van der Waals surface area (Å²) >= 11 is 0. The third-order valence-electron chi connectivity index (χ3n) is 4.50. The lowest BCUT2D eigenvalue weighted by Gasteiger charge is -2.26. The summed E-state index contributed by atoms with van der Waals surface area (Å²) < 4.78 is 24.6. The first-order valence-corrected chi connectivity index (χ1v) is 7.96. The Kier molecular flexibility index (Phi) is 4.98. The van der Waals surface area contributed by atoms with Gasteiger partial charge in [-0.25, -0.2) is 4.39 Å². The fourth-order valence-electron chi connectivity index (χ4n) is 3.28. The van der Waals surface area contributed by atoms with Crippen molar-refractivity contribution < 1.29 is 18.7 Å². The molecule has 0 bridgehead atoms. The predicted molar refractivity (Wildman–Crippen MR) is 84.7 cm³/mol. The summed E-state index contributed by atoms with van der Waals surface area (Å²) in [5.41, 5.74) is 0.628. The van der Waals surface area contributed by atoms with E-state index >= 15 is 0 Å². The minimum Gasteiger partial charge on any atom is -0.494 e. The van der Waals surface area contributed by atoms with E-state index in [1.165, 1.54) is 7.11 Å². The highest BCUT2D eigenvalue weighted by molar-refractivity contribution is 5.31. The second kappa shape index (κ2) is 7.15. The van der Waals surface area contributed by atoms with Crippen molar-refractivity contribution in [2.45, 2.75) is 38.0 Å². The predicted octanol–water partition coefficient (Wildman–Crippen LogP) is 3.52. The van der Waals surface area contributed by atoms with E-state index in [0.717, 1.165) is 19.4 Å². The van der Waals surface area contributed by atoms with Gasteiger partial charge in [-0.15, -0.1) is 0 Å². The first kappa shape index (κ1) is 16.0. The highest BCUT2D eigenvalue weighted by atomic mass is 19.1. The third kappa shape index (κ3) is 3.57. The van der Waals surface area contributed by atoms with Crippen LogP contribution in [0, 0.1) is 5.82 Å². The molecule has 1 aliphatic rings. The Balaban J connectivity index is 1.67. The quantitative estimate of drug-likeness (QED) is 0.885. The van der Waals surface area contributed by atoms with Crippen molar-refractivity contribution in [2.24, 2.45) is 0 Å². The maximum Gasteiger partial charge on any atom is 0.169 e. The summed E-state index contributed by atoms with van der Waals surface area (Å²) in [5.74, 6) is 0.561. The maximum absolute atomic E-state index is 14.3. The summed E-state index contributed by atoms with van der Waals surface area (Å²) in [4.78, 5) is 2.23. The van der Waals surface area contributed by atoms with Crippen molar-refractivity contribution in [1.82, 2.24) is 4.90 Å². The van der Waals surface area contributed by atoms with Crippen LogP contribution in [-0.2, 0) is 6.54 Å². The van der Waals surface area contributed by atoms with Crippen molar-refractivity contribution in [3.05, 3.63) is 53.7 Å². The number of ether oxygens (including phenoxy) is 1. The lowest BCUT2D eigenvalue weighted by Crippen LogP contribution is -2.30. The molecule has 1 aliphatic heterocycles. The van der Waals surface area contributed by atoms with E-state index in [1.807, 2.05) is 0 Å². The zero-order valence-corrected chi connectivity index (χ0v) is 13.2. The fraction of sp³-hybridized carbons (Fsp3) is 0.444. The Morgan fingerprint density at radius 2 is 2.26 bits per heavy atom. The van der Waals surface area contributed by atoms with Gasteiger partial charge in [0.2, 0.25) is 0 Å². The summed E-state index contributed by atoms with van der Waals surface area (Å²) in [5, 5.41) is 10.3. The van der Waals surface area contributed by atoms with Crippen LogP contribution in [0.25, 0.3) is 0 Å². The molecule has 1 fully saturated rings. The highest BCUT2D eigenvalue weighted by Crippen LogP contribution is 2.30. The van der Waals surface area contributed by atoms with Crippen LogP contribution in [0.2, 0.25) is 0 Å². The smallest absolute Gasteiger partial charge is 0.169 e. The second-order valence-corrected chi connectivity index (χ2v) is 5.97. The van der Waals surface area contributed by atoms with E-state index in [-0.39, 0.29) is 17.6 Å². The van der Waals surface area contributed by atoms with E-state index < -0.39 is 6.10 Å². The number of methoxy groups -OCH3 is 1. The molecule has 0 saturated carbocycles. The summed E-state index contributed by atoms with van der Waals surface area (Å²) in [6.45, 7) is 1.44. The van der Waals surface area contributed by atoms with Gasteiger partial charge in [-0.3, -0.25) is 4.90 Å². The molecule has 0 radical (unpaired) electrons. The van der Waals surface area contributed by atoms with Crippen molar-refractivity contribution in [1.29, 1.82) is 0 Å². The molecule has 4 nitrogen and oxygen atoms in total. The number of likely N-dealkylation sites (tertiary alicyclic amines) is 1. The lowest BCUT2D eigenvalue weighted by atomic mass is 10.0. The van der Waals surface area contributed by atoms with Crippen LogP contribution in [0.5, 0.6) is 5.75 Å². The lowest BCUT2D eigenvalue weighted by molar-refractivity contribution is 0.0991. The molecule has 2 aromatic rings. The third-order valence-corrected chi connectivity index (χ3v) is 4.50. The SMILES string of the molecule is COc1cccc(CN2CCC[C@@H]2C[C@@H](O)c2ccco2)c1F. The zero-order valence-electron chi connectivity index (χ0n) is 13.2. The molecule has 0 spiro atoms. The van der Waals surface area contributed by atoms with Crippen molar-refractivity contribution in [3.8, 4) is 5.75 Å². The summed E-state index contributed by atoms with van der Waals surface area (Å²) in [6.07, 6.45) is 3.60. The molecular weight excluding hydrogens is 297 g/mol. The van der Waals surface area contributed by atoms with E-state index in [1.54, 1.807) is 36.6 Å². The number of aliphatic hydroxyl groups is 1. The van der Waals surface area contributed by atoms with Crippen LogP contribution in [0.3, 0.4) is 0 Å². The molecule has 1 aromatic heterocycles. The van der Waals surface area contributed by atoms with Gasteiger partial charge in [-0.1, -0.05) is 12.1 Å². The molecule has 124 valence electrons. The van der Waals surface area contributed by atoms with E-state index in [4.69, 9.17) is 9.15 Å². The Bertz CT molecular complexity index is 629. The molecule has 23 heavy (non-hydrogen) atoms. The van der Waals surface area contributed by atoms with Crippen LogP contribution in [0.1, 0.15) is 36.7 Å². The number of nitrogens with zero attached hydrogens (tertiary/aromatic N) is 1.